The Balaban J connectivity index is 1.46. The second-order valence-corrected chi connectivity index (χ2v) is 12.6. The first kappa shape index (κ1) is 25.0. The topological polar surface area (TPSA) is 87.2 Å². The average Bonchev–Trinajstić information content (AvgIpc) is 2.88. The van der Waals surface area contributed by atoms with Crippen molar-refractivity contribution in [3.05, 3.63) is 48.5 Å². The summed E-state index contributed by atoms with van der Waals surface area (Å²) in [7, 11) is -5.74. The number of piperazine rings is 1. The zero-order valence-corrected chi connectivity index (χ0v) is 21.4. The van der Waals surface area contributed by atoms with Crippen LogP contribution in [0.1, 0.15) is 32.6 Å². The van der Waals surface area contributed by atoms with Crippen molar-refractivity contribution in [3.63, 3.8) is 0 Å². The van der Waals surface area contributed by atoms with Crippen LogP contribution < -0.4 is 9.64 Å². The first-order valence-corrected chi connectivity index (χ1v) is 14.7. The van der Waals surface area contributed by atoms with Crippen LogP contribution in [-0.2, 0) is 20.0 Å². The smallest absolute Gasteiger partial charge is 0.243 e. The van der Waals surface area contributed by atoms with Crippen LogP contribution in [0.2, 0.25) is 0 Å². The molecule has 0 aliphatic carbocycles. The minimum Gasteiger partial charge on any atom is -0.497 e. The van der Waals surface area contributed by atoms with Crippen LogP contribution in [0.25, 0.3) is 0 Å². The third-order valence-corrected chi connectivity index (χ3v) is 10.6. The Morgan fingerprint density at radius 1 is 0.853 bits per heavy atom. The number of rotatable bonds is 7. The maximum absolute atomic E-state index is 13.2. The summed E-state index contributed by atoms with van der Waals surface area (Å²) >= 11 is 0. The van der Waals surface area contributed by atoms with E-state index in [0.29, 0.717) is 32.7 Å². The molecule has 2 aliphatic heterocycles. The summed E-state index contributed by atoms with van der Waals surface area (Å²) < 4.78 is 61.1. The number of hydrogen-bond donors (Lipinski definition) is 0. The van der Waals surface area contributed by atoms with Crippen LogP contribution in [0, 0.1) is 0 Å². The van der Waals surface area contributed by atoms with Gasteiger partial charge in [-0.3, -0.25) is 0 Å². The zero-order valence-electron chi connectivity index (χ0n) is 19.8. The molecular weight excluding hydrogens is 474 g/mol. The lowest BCUT2D eigenvalue weighted by Gasteiger charge is -2.35. The van der Waals surface area contributed by atoms with Gasteiger partial charge in [0.15, 0.2) is 0 Å². The van der Waals surface area contributed by atoms with Gasteiger partial charge in [0.05, 0.1) is 16.9 Å². The van der Waals surface area contributed by atoms with Gasteiger partial charge in [-0.05, 0) is 55.7 Å². The van der Waals surface area contributed by atoms with E-state index >= 15 is 0 Å². The lowest BCUT2D eigenvalue weighted by molar-refractivity contribution is 0.246. The number of hydrogen-bond acceptors (Lipinski definition) is 6. The van der Waals surface area contributed by atoms with E-state index in [0.717, 1.165) is 37.1 Å². The maximum atomic E-state index is 13.2. The molecule has 2 aliphatic rings. The minimum absolute atomic E-state index is 0.00281. The molecule has 0 saturated carbocycles. The van der Waals surface area contributed by atoms with Gasteiger partial charge in [-0.25, -0.2) is 16.8 Å². The van der Waals surface area contributed by atoms with Gasteiger partial charge < -0.3 is 9.64 Å². The highest BCUT2D eigenvalue weighted by molar-refractivity contribution is 7.89. The van der Waals surface area contributed by atoms with Crippen LogP contribution >= 0.6 is 0 Å². The van der Waals surface area contributed by atoms with E-state index in [4.69, 9.17) is 4.74 Å². The Kier molecular flexibility index (Phi) is 7.51. The summed E-state index contributed by atoms with van der Waals surface area (Å²) in [6, 6.07) is 13.4. The first-order chi connectivity index (χ1) is 16.3. The fraction of sp³-hybridized carbons (Fsp3) is 0.500. The molecule has 0 N–H and O–H groups in total. The predicted molar refractivity (Wildman–Crippen MR) is 132 cm³/mol. The molecule has 0 radical (unpaired) electrons. The molecule has 4 rings (SSSR count). The number of sulfonamides is 2. The summed E-state index contributed by atoms with van der Waals surface area (Å²) in [6.07, 6.45) is 3.52. The van der Waals surface area contributed by atoms with Crippen molar-refractivity contribution in [2.75, 3.05) is 44.7 Å². The van der Waals surface area contributed by atoms with Gasteiger partial charge in [0.25, 0.3) is 0 Å². The zero-order chi connectivity index (χ0) is 24.3. The molecule has 2 aromatic rings. The number of methoxy groups -OCH3 is 1. The van der Waals surface area contributed by atoms with E-state index in [1.54, 1.807) is 11.4 Å². The predicted octanol–water partition coefficient (Wildman–Crippen LogP) is 3.16. The number of benzene rings is 2. The molecule has 1 atom stereocenters. The number of anilines is 1. The molecule has 0 amide bonds. The molecule has 34 heavy (non-hydrogen) atoms. The Hall–Kier alpha value is -2.14. The molecule has 0 spiro atoms. The van der Waals surface area contributed by atoms with Crippen LogP contribution in [-0.4, -0.2) is 71.3 Å². The lowest BCUT2D eigenvalue weighted by atomic mass is 10.0. The second kappa shape index (κ2) is 10.2. The Labute approximate surface area is 203 Å². The lowest BCUT2D eigenvalue weighted by Crippen LogP contribution is -2.48. The van der Waals surface area contributed by atoms with Crippen molar-refractivity contribution in [1.29, 1.82) is 0 Å². The highest BCUT2D eigenvalue weighted by atomic mass is 32.2. The molecule has 0 aromatic heterocycles. The van der Waals surface area contributed by atoms with Crippen molar-refractivity contribution < 1.29 is 21.6 Å². The fourth-order valence-corrected chi connectivity index (χ4v) is 7.95. The largest absolute Gasteiger partial charge is 0.497 e. The molecule has 186 valence electrons. The van der Waals surface area contributed by atoms with Gasteiger partial charge in [0, 0.05) is 50.5 Å². The Bertz CT molecular complexity index is 1190. The summed E-state index contributed by atoms with van der Waals surface area (Å²) in [4.78, 5) is 2.40. The minimum atomic E-state index is -3.71. The maximum Gasteiger partial charge on any atom is 0.243 e. The van der Waals surface area contributed by atoms with Gasteiger partial charge >= 0.3 is 0 Å². The van der Waals surface area contributed by atoms with Gasteiger partial charge in [-0.15, -0.1) is 0 Å². The molecule has 2 heterocycles. The molecule has 2 aromatic carbocycles. The average molecular weight is 508 g/mol. The Morgan fingerprint density at radius 2 is 1.50 bits per heavy atom. The third-order valence-electron chi connectivity index (χ3n) is 6.77. The first-order valence-electron chi connectivity index (χ1n) is 11.8. The van der Waals surface area contributed by atoms with E-state index in [-0.39, 0.29) is 15.8 Å². The molecule has 2 saturated heterocycles. The number of nitrogens with zero attached hydrogens (tertiary/aromatic N) is 3. The normalized spacial score (nSPS) is 20.9. The summed E-state index contributed by atoms with van der Waals surface area (Å²) in [5.41, 5.74) is 0.994. The van der Waals surface area contributed by atoms with E-state index in [1.807, 2.05) is 31.2 Å². The van der Waals surface area contributed by atoms with Crippen molar-refractivity contribution in [1.82, 2.24) is 8.61 Å². The monoisotopic (exact) mass is 507 g/mol. The van der Waals surface area contributed by atoms with Crippen molar-refractivity contribution in [3.8, 4) is 5.75 Å². The van der Waals surface area contributed by atoms with E-state index < -0.39 is 20.0 Å². The molecule has 2 fully saturated rings. The van der Waals surface area contributed by atoms with Gasteiger partial charge in [-0.2, -0.15) is 8.61 Å². The van der Waals surface area contributed by atoms with Gasteiger partial charge in [-0.1, -0.05) is 19.4 Å². The number of piperidine rings is 1. The quantitative estimate of drug-likeness (QED) is 0.572. The summed E-state index contributed by atoms with van der Waals surface area (Å²) in [5, 5.41) is 0. The van der Waals surface area contributed by atoms with Crippen LogP contribution in [0.3, 0.4) is 0 Å². The third kappa shape index (κ3) is 4.95. The summed E-state index contributed by atoms with van der Waals surface area (Å²) in [5.74, 6) is 0.761. The highest BCUT2D eigenvalue weighted by Gasteiger charge is 2.33. The fourth-order valence-electron chi connectivity index (χ4n) is 4.76. The van der Waals surface area contributed by atoms with E-state index in [2.05, 4.69) is 4.90 Å². The molecule has 8 nitrogen and oxygen atoms in total. The van der Waals surface area contributed by atoms with Crippen LogP contribution in [0.4, 0.5) is 5.69 Å². The van der Waals surface area contributed by atoms with Crippen LogP contribution in [0.15, 0.2) is 58.3 Å². The standard InChI is InChI=1S/C24H33N3O5S2/c1-3-20-7-4-5-14-27(20)34(30,31)24-12-10-23(11-13-24)33(28,29)26-17-15-25(16-18-26)21-8-6-9-22(19-21)32-2/h6,8-13,19-20H,3-5,7,14-18H2,1-2H3. The second-order valence-electron chi connectivity index (χ2n) is 8.74. The van der Waals surface area contributed by atoms with Crippen molar-refractivity contribution >= 4 is 25.7 Å². The molecule has 1 unspecified atom stereocenters. The van der Waals surface area contributed by atoms with Crippen molar-refractivity contribution in [2.24, 2.45) is 0 Å². The van der Waals surface area contributed by atoms with Gasteiger partial charge in [0.1, 0.15) is 5.75 Å². The number of ether oxygens (including phenoxy) is 1. The summed E-state index contributed by atoms with van der Waals surface area (Å²) in [6.45, 7) is 4.34. The van der Waals surface area contributed by atoms with Gasteiger partial charge in [0.2, 0.25) is 20.0 Å². The molecule has 0 bridgehead atoms. The van der Waals surface area contributed by atoms with E-state index in [9.17, 15) is 16.8 Å². The van der Waals surface area contributed by atoms with E-state index in [1.165, 1.54) is 28.6 Å². The molecule has 10 heteroatoms. The molecular formula is C24H33N3O5S2. The van der Waals surface area contributed by atoms with Crippen LogP contribution in [0.5, 0.6) is 5.75 Å². The Morgan fingerprint density at radius 3 is 2.12 bits per heavy atom. The van der Waals surface area contributed by atoms with Crippen molar-refractivity contribution in [2.45, 2.75) is 48.4 Å². The SMILES string of the molecule is CCC1CCCCN1S(=O)(=O)c1ccc(S(=O)(=O)N2CCN(c3cccc(OC)c3)CC2)cc1. The highest BCUT2D eigenvalue weighted by Crippen LogP contribution is 2.29.